The van der Waals surface area contributed by atoms with Crippen LogP contribution in [0.3, 0.4) is 0 Å². The van der Waals surface area contributed by atoms with E-state index in [1.165, 1.54) is 33.6 Å². The summed E-state index contributed by atoms with van der Waals surface area (Å²) < 4.78 is 2.53. The first-order chi connectivity index (χ1) is 11.5. The first kappa shape index (κ1) is 17.2. The normalized spacial score (nSPS) is 10.9. The summed E-state index contributed by atoms with van der Waals surface area (Å²) in [4.78, 5) is 29.0. The molecule has 1 aromatic carbocycles. The lowest BCUT2D eigenvalue weighted by Gasteiger charge is -2.07. The molecule has 0 aliphatic rings. The molecule has 3 rings (SSSR count). The van der Waals surface area contributed by atoms with Gasteiger partial charge in [0.25, 0.3) is 5.56 Å². The molecule has 0 spiro atoms. The average Bonchev–Trinajstić information content (AvgIpc) is 3.00. The number of halogens is 1. The van der Waals surface area contributed by atoms with E-state index < -0.39 is 0 Å². The number of rotatable bonds is 5. The fraction of sp³-hybridized carbons (Fsp3) is 0.188. The van der Waals surface area contributed by atoms with Crippen LogP contribution in [0.25, 0.3) is 4.96 Å². The second kappa shape index (κ2) is 7.50. The molecule has 0 saturated carbocycles. The zero-order valence-corrected chi connectivity index (χ0v) is 16.0. The number of amides is 1. The summed E-state index contributed by atoms with van der Waals surface area (Å²) in [6.45, 7) is 1.97. The van der Waals surface area contributed by atoms with Gasteiger partial charge < -0.3 is 5.32 Å². The Labute approximate surface area is 155 Å². The van der Waals surface area contributed by atoms with Crippen LogP contribution in [0.5, 0.6) is 0 Å². The molecule has 1 amide bonds. The molecule has 0 radical (unpaired) electrons. The summed E-state index contributed by atoms with van der Waals surface area (Å²) in [6.07, 6.45) is 1.71. The second-order valence-electron chi connectivity index (χ2n) is 5.15. The van der Waals surface area contributed by atoms with Gasteiger partial charge in [0, 0.05) is 33.6 Å². The predicted molar refractivity (Wildman–Crippen MR) is 103 cm³/mol. The van der Waals surface area contributed by atoms with Crippen molar-refractivity contribution in [2.24, 2.45) is 0 Å². The number of hydrogen-bond donors (Lipinski definition) is 1. The van der Waals surface area contributed by atoms with Gasteiger partial charge >= 0.3 is 0 Å². The molecule has 24 heavy (non-hydrogen) atoms. The van der Waals surface area contributed by atoms with Crippen molar-refractivity contribution in [2.75, 3.05) is 11.1 Å². The zero-order valence-electron chi connectivity index (χ0n) is 12.8. The topological polar surface area (TPSA) is 63.5 Å². The van der Waals surface area contributed by atoms with Crippen LogP contribution in [0.4, 0.5) is 5.69 Å². The van der Waals surface area contributed by atoms with Gasteiger partial charge in [-0.25, -0.2) is 4.98 Å². The highest BCUT2D eigenvalue weighted by molar-refractivity contribution is 9.10. The van der Waals surface area contributed by atoms with Crippen molar-refractivity contribution >= 4 is 55.6 Å². The number of anilines is 1. The lowest BCUT2D eigenvalue weighted by atomic mass is 10.2. The number of nitrogens with zero attached hydrogens (tertiary/aromatic N) is 2. The van der Waals surface area contributed by atoms with Crippen LogP contribution in [0, 0.1) is 6.92 Å². The molecular weight excluding hydrogens is 410 g/mol. The highest BCUT2D eigenvalue weighted by Gasteiger charge is 2.07. The van der Waals surface area contributed by atoms with E-state index in [1.54, 1.807) is 6.20 Å². The highest BCUT2D eigenvalue weighted by Crippen LogP contribution is 2.20. The first-order valence-electron chi connectivity index (χ1n) is 7.12. The number of aryl methyl sites for hydroxylation is 1. The number of aromatic nitrogens is 2. The van der Waals surface area contributed by atoms with Crippen LogP contribution in [0.2, 0.25) is 0 Å². The summed E-state index contributed by atoms with van der Waals surface area (Å²) in [5, 5.41) is 4.70. The fourth-order valence-electron chi connectivity index (χ4n) is 2.13. The molecule has 124 valence electrons. The largest absolute Gasteiger partial charge is 0.325 e. The standard InChI is InChI=1S/C16H14BrN3O2S2/c1-10-6-11(2-3-13(10)17)18-14(21)9-23-8-12-7-15(22)20-4-5-24-16(20)19-12/h2-7H,8-9H2,1H3,(H,18,21). The van der Waals surface area contributed by atoms with Crippen LogP contribution < -0.4 is 10.9 Å². The highest BCUT2D eigenvalue weighted by atomic mass is 79.9. The Bertz CT molecular complexity index is 952. The van der Waals surface area contributed by atoms with Crippen molar-refractivity contribution in [3.8, 4) is 0 Å². The number of thiazole rings is 1. The maximum atomic E-state index is 12.0. The first-order valence-corrected chi connectivity index (χ1v) is 9.95. The Hall–Kier alpha value is -1.64. The van der Waals surface area contributed by atoms with Crippen LogP contribution in [0.15, 0.2) is 45.1 Å². The molecule has 0 aliphatic carbocycles. The monoisotopic (exact) mass is 423 g/mol. The molecule has 1 N–H and O–H groups in total. The van der Waals surface area contributed by atoms with E-state index in [0.29, 0.717) is 22.2 Å². The summed E-state index contributed by atoms with van der Waals surface area (Å²) in [5.74, 6) is 0.757. The Kier molecular flexibility index (Phi) is 5.37. The van der Waals surface area contributed by atoms with E-state index in [0.717, 1.165) is 15.7 Å². The van der Waals surface area contributed by atoms with Gasteiger partial charge in [-0.2, -0.15) is 0 Å². The van der Waals surface area contributed by atoms with Crippen molar-refractivity contribution in [1.82, 2.24) is 9.38 Å². The maximum Gasteiger partial charge on any atom is 0.258 e. The van der Waals surface area contributed by atoms with E-state index >= 15 is 0 Å². The molecule has 5 nitrogen and oxygen atoms in total. The van der Waals surface area contributed by atoms with E-state index in [-0.39, 0.29) is 11.5 Å². The number of carbonyl (C=O) groups is 1. The molecule has 0 unspecified atom stereocenters. The van der Waals surface area contributed by atoms with Crippen LogP contribution in [0.1, 0.15) is 11.3 Å². The third-order valence-electron chi connectivity index (χ3n) is 3.28. The Morgan fingerprint density at radius 2 is 2.25 bits per heavy atom. The third-order valence-corrected chi connectivity index (χ3v) is 5.89. The Morgan fingerprint density at radius 3 is 3.04 bits per heavy atom. The van der Waals surface area contributed by atoms with Gasteiger partial charge in [0.2, 0.25) is 5.91 Å². The predicted octanol–water partition coefficient (Wildman–Crippen LogP) is 3.70. The van der Waals surface area contributed by atoms with Gasteiger partial charge in [0.15, 0.2) is 4.96 Å². The SMILES string of the molecule is Cc1cc(NC(=O)CSCc2cc(=O)n3ccsc3n2)ccc1Br. The molecule has 0 fully saturated rings. The quantitative estimate of drug-likeness (QED) is 0.679. The fourth-order valence-corrected chi connectivity index (χ4v) is 3.83. The summed E-state index contributed by atoms with van der Waals surface area (Å²) in [6, 6.07) is 7.20. The van der Waals surface area contributed by atoms with E-state index in [4.69, 9.17) is 0 Å². The van der Waals surface area contributed by atoms with Gasteiger partial charge in [-0.15, -0.1) is 23.1 Å². The molecule has 0 aliphatic heterocycles. The van der Waals surface area contributed by atoms with Crippen molar-refractivity contribution in [1.29, 1.82) is 0 Å². The molecule has 2 heterocycles. The van der Waals surface area contributed by atoms with Gasteiger partial charge in [-0.05, 0) is 30.7 Å². The lowest BCUT2D eigenvalue weighted by Crippen LogP contribution is -2.15. The smallest absolute Gasteiger partial charge is 0.258 e. The third kappa shape index (κ3) is 4.06. The van der Waals surface area contributed by atoms with Gasteiger partial charge in [-0.3, -0.25) is 14.0 Å². The van der Waals surface area contributed by atoms with Crippen molar-refractivity contribution in [3.63, 3.8) is 0 Å². The summed E-state index contributed by atoms with van der Waals surface area (Å²) in [7, 11) is 0. The van der Waals surface area contributed by atoms with Gasteiger partial charge in [0.1, 0.15) is 0 Å². The van der Waals surface area contributed by atoms with Crippen LogP contribution in [-0.2, 0) is 10.5 Å². The lowest BCUT2D eigenvalue weighted by molar-refractivity contribution is -0.113. The number of hydrogen-bond acceptors (Lipinski definition) is 5. The summed E-state index contributed by atoms with van der Waals surface area (Å²) in [5.41, 5.74) is 2.44. The molecule has 0 saturated heterocycles. The molecule has 2 aromatic heterocycles. The Balaban J connectivity index is 1.56. The molecule has 8 heteroatoms. The van der Waals surface area contributed by atoms with Gasteiger partial charge in [0.05, 0.1) is 11.4 Å². The number of fused-ring (bicyclic) bond motifs is 1. The zero-order chi connectivity index (χ0) is 17.1. The number of carbonyl (C=O) groups excluding carboxylic acids is 1. The van der Waals surface area contributed by atoms with Crippen molar-refractivity contribution in [2.45, 2.75) is 12.7 Å². The molecule has 0 atom stereocenters. The minimum absolute atomic E-state index is 0.0735. The molecule has 0 bridgehead atoms. The van der Waals surface area contributed by atoms with Crippen LogP contribution >= 0.6 is 39.0 Å². The number of benzene rings is 1. The second-order valence-corrected chi connectivity index (χ2v) is 7.86. The Morgan fingerprint density at radius 1 is 1.42 bits per heavy atom. The number of nitrogens with one attached hydrogen (secondary N) is 1. The molecular formula is C16H14BrN3O2S2. The van der Waals surface area contributed by atoms with Crippen molar-refractivity contribution < 1.29 is 4.79 Å². The van der Waals surface area contributed by atoms with E-state index in [2.05, 4.69) is 26.2 Å². The van der Waals surface area contributed by atoms with Crippen LogP contribution in [-0.4, -0.2) is 21.0 Å². The van der Waals surface area contributed by atoms with Crippen molar-refractivity contribution in [3.05, 3.63) is 61.9 Å². The van der Waals surface area contributed by atoms with E-state index in [1.807, 2.05) is 30.5 Å². The molecule has 3 aromatic rings. The summed E-state index contributed by atoms with van der Waals surface area (Å²) >= 11 is 6.29. The minimum atomic E-state index is -0.0911. The average molecular weight is 424 g/mol. The minimum Gasteiger partial charge on any atom is -0.325 e. The number of thioether (sulfide) groups is 1. The van der Waals surface area contributed by atoms with Gasteiger partial charge in [-0.1, -0.05) is 15.9 Å². The maximum absolute atomic E-state index is 12.0. The van der Waals surface area contributed by atoms with E-state index in [9.17, 15) is 9.59 Å².